The number of carbonyl (C=O) groups excluding carboxylic acids is 1. The summed E-state index contributed by atoms with van der Waals surface area (Å²) in [4.78, 5) is 13.5. The van der Waals surface area contributed by atoms with Crippen LogP contribution in [0.2, 0.25) is 0 Å². The zero-order valence-corrected chi connectivity index (χ0v) is 13.0. The van der Waals surface area contributed by atoms with E-state index < -0.39 is 0 Å². The first-order chi connectivity index (χ1) is 9.02. The van der Waals surface area contributed by atoms with Crippen LogP contribution >= 0.6 is 0 Å². The fraction of sp³-hybridized carbons (Fsp3) is 0.800. The number of nitrogens with one attached hydrogen (secondary N) is 1. The van der Waals surface area contributed by atoms with Gasteiger partial charge in [-0.15, -0.1) is 0 Å². The minimum atomic E-state index is 0.144. The first-order valence-corrected chi connectivity index (χ1v) is 7.29. The summed E-state index contributed by atoms with van der Waals surface area (Å²) in [7, 11) is 0. The minimum Gasteiger partial charge on any atom is -0.380 e. The summed E-state index contributed by atoms with van der Waals surface area (Å²) < 4.78 is 5.41. The zero-order valence-electron chi connectivity index (χ0n) is 13.0. The number of nitrogens with zero attached hydrogens (tertiary/aromatic N) is 1. The molecule has 0 rings (SSSR count). The van der Waals surface area contributed by atoms with E-state index in [2.05, 4.69) is 25.7 Å². The van der Waals surface area contributed by atoms with E-state index in [4.69, 9.17) is 4.74 Å². The van der Waals surface area contributed by atoms with Gasteiger partial charge in [0.15, 0.2) is 0 Å². The number of rotatable bonds is 11. The van der Waals surface area contributed by atoms with Crippen molar-refractivity contribution in [2.45, 2.75) is 53.0 Å². The van der Waals surface area contributed by atoms with Crippen LogP contribution in [0.1, 0.15) is 47.0 Å². The van der Waals surface area contributed by atoms with E-state index >= 15 is 0 Å². The maximum Gasteiger partial charge on any atom is 0.226 e. The lowest BCUT2D eigenvalue weighted by Crippen LogP contribution is -2.35. The molecule has 0 saturated heterocycles. The average Bonchev–Trinajstić information content (AvgIpc) is 2.37. The molecule has 0 fully saturated rings. The van der Waals surface area contributed by atoms with Gasteiger partial charge in [-0.3, -0.25) is 4.79 Å². The Bertz CT molecular complexity index is 267. The second-order valence-electron chi connectivity index (χ2n) is 4.89. The topological polar surface area (TPSA) is 41.6 Å². The second-order valence-corrected chi connectivity index (χ2v) is 4.89. The molecule has 0 bridgehead atoms. The van der Waals surface area contributed by atoms with E-state index in [0.29, 0.717) is 12.5 Å². The summed E-state index contributed by atoms with van der Waals surface area (Å²) >= 11 is 0. The van der Waals surface area contributed by atoms with Gasteiger partial charge in [-0.05, 0) is 26.7 Å². The molecule has 0 spiro atoms. The Balaban J connectivity index is 3.83. The summed E-state index contributed by atoms with van der Waals surface area (Å²) in [6, 6.07) is 0.372. The maximum absolute atomic E-state index is 11.7. The monoisotopic (exact) mass is 270 g/mol. The van der Waals surface area contributed by atoms with Crippen LogP contribution in [-0.2, 0) is 9.53 Å². The van der Waals surface area contributed by atoms with Gasteiger partial charge in [0.2, 0.25) is 5.91 Å². The smallest absolute Gasteiger partial charge is 0.226 e. The highest BCUT2D eigenvalue weighted by atomic mass is 16.5. The number of hydrogen-bond donors (Lipinski definition) is 1. The summed E-state index contributed by atoms with van der Waals surface area (Å²) in [6.45, 7) is 15.0. The third-order valence-corrected chi connectivity index (χ3v) is 2.94. The maximum atomic E-state index is 11.7. The zero-order chi connectivity index (χ0) is 14.7. The van der Waals surface area contributed by atoms with Gasteiger partial charge in [0.25, 0.3) is 0 Å². The van der Waals surface area contributed by atoms with Crippen LogP contribution in [0.3, 0.4) is 0 Å². The van der Waals surface area contributed by atoms with Gasteiger partial charge >= 0.3 is 0 Å². The van der Waals surface area contributed by atoms with E-state index in [9.17, 15) is 4.79 Å². The molecular weight excluding hydrogens is 240 g/mol. The Hall–Kier alpha value is -0.870. The molecule has 0 aromatic rings. The molecule has 0 heterocycles. The molecular formula is C15H30N2O2. The van der Waals surface area contributed by atoms with E-state index in [1.807, 2.05) is 13.8 Å². The van der Waals surface area contributed by atoms with Crippen molar-refractivity contribution in [1.82, 2.24) is 10.2 Å². The third kappa shape index (κ3) is 8.78. The van der Waals surface area contributed by atoms with Gasteiger partial charge in [-0.2, -0.15) is 0 Å². The van der Waals surface area contributed by atoms with E-state index in [0.717, 1.165) is 44.8 Å². The Labute approximate surface area is 118 Å². The molecule has 0 saturated carbocycles. The third-order valence-electron chi connectivity index (χ3n) is 2.94. The SMILES string of the molecule is C=C(C)N(CC[C@@H](C)NCCOCCC)C(=O)CC. The average molecular weight is 270 g/mol. The summed E-state index contributed by atoms with van der Waals surface area (Å²) in [6.07, 6.45) is 2.51. The van der Waals surface area contributed by atoms with Gasteiger partial charge < -0.3 is 15.0 Å². The first-order valence-electron chi connectivity index (χ1n) is 7.29. The molecule has 0 aromatic heterocycles. The number of carbonyl (C=O) groups is 1. The fourth-order valence-electron chi connectivity index (χ4n) is 1.77. The van der Waals surface area contributed by atoms with Crippen LogP contribution in [0.4, 0.5) is 0 Å². The van der Waals surface area contributed by atoms with Crippen LogP contribution in [0, 0.1) is 0 Å². The number of ether oxygens (including phenoxy) is 1. The predicted octanol–water partition coefficient (Wildman–Crippen LogP) is 2.55. The Morgan fingerprint density at radius 3 is 2.58 bits per heavy atom. The Morgan fingerprint density at radius 2 is 2.05 bits per heavy atom. The quantitative estimate of drug-likeness (QED) is 0.587. The molecule has 1 amide bonds. The van der Waals surface area contributed by atoms with Gasteiger partial charge in [0, 0.05) is 37.9 Å². The van der Waals surface area contributed by atoms with Crippen molar-refractivity contribution in [1.29, 1.82) is 0 Å². The number of allylic oxidation sites excluding steroid dienone is 1. The van der Waals surface area contributed by atoms with Crippen LogP contribution in [0.5, 0.6) is 0 Å². The van der Waals surface area contributed by atoms with Crippen molar-refractivity contribution in [2.75, 3.05) is 26.3 Å². The summed E-state index contributed by atoms with van der Waals surface area (Å²) in [5, 5.41) is 3.40. The van der Waals surface area contributed by atoms with Crippen molar-refractivity contribution < 1.29 is 9.53 Å². The second kappa shape index (κ2) is 11.0. The van der Waals surface area contributed by atoms with Crippen molar-refractivity contribution in [2.24, 2.45) is 0 Å². The van der Waals surface area contributed by atoms with Crippen molar-refractivity contribution in [3.8, 4) is 0 Å². The van der Waals surface area contributed by atoms with E-state index in [1.165, 1.54) is 0 Å². The number of amides is 1. The highest BCUT2D eigenvalue weighted by Gasteiger charge is 2.13. The molecule has 4 heteroatoms. The molecule has 0 aliphatic carbocycles. The van der Waals surface area contributed by atoms with Gasteiger partial charge in [0.1, 0.15) is 0 Å². The lowest BCUT2D eigenvalue weighted by atomic mass is 10.2. The van der Waals surface area contributed by atoms with Crippen molar-refractivity contribution in [3.05, 3.63) is 12.3 Å². The van der Waals surface area contributed by atoms with Gasteiger partial charge in [-0.25, -0.2) is 0 Å². The molecule has 1 N–H and O–H groups in total. The van der Waals surface area contributed by atoms with Crippen LogP contribution in [0.15, 0.2) is 12.3 Å². The molecule has 0 unspecified atom stereocenters. The van der Waals surface area contributed by atoms with Gasteiger partial charge in [-0.1, -0.05) is 20.4 Å². The minimum absolute atomic E-state index is 0.144. The van der Waals surface area contributed by atoms with Crippen molar-refractivity contribution in [3.63, 3.8) is 0 Å². The lowest BCUT2D eigenvalue weighted by Gasteiger charge is -2.24. The first kappa shape index (κ1) is 18.1. The normalized spacial score (nSPS) is 12.2. The van der Waals surface area contributed by atoms with Gasteiger partial charge in [0.05, 0.1) is 6.61 Å². The van der Waals surface area contributed by atoms with E-state index in [-0.39, 0.29) is 5.91 Å². The van der Waals surface area contributed by atoms with Crippen molar-refractivity contribution >= 4 is 5.91 Å². The lowest BCUT2D eigenvalue weighted by molar-refractivity contribution is -0.129. The highest BCUT2D eigenvalue weighted by molar-refractivity contribution is 5.77. The van der Waals surface area contributed by atoms with E-state index in [1.54, 1.807) is 4.90 Å². The molecule has 0 radical (unpaired) electrons. The molecule has 112 valence electrons. The van der Waals surface area contributed by atoms with Crippen LogP contribution in [-0.4, -0.2) is 43.2 Å². The molecule has 19 heavy (non-hydrogen) atoms. The summed E-state index contributed by atoms with van der Waals surface area (Å²) in [5.41, 5.74) is 0.824. The highest BCUT2D eigenvalue weighted by Crippen LogP contribution is 2.06. The standard InChI is InChI=1S/C15H30N2O2/c1-6-11-19-12-9-16-14(5)8-10-17(13(3)4)15(18)7-2/h14,16H,3,6-12H2,1-2,4-5H3/t14-/m1/s1. The Morgan fingerprint density at radius 1 is 1.37 bits per heavy atom. The largest absolute Gasteiger partial charge is 0.380 e. The van der Waals surface area contributed by atoms with Crippen LogP contribution in [0.25, 0.3) is 0 Å². The molecule has 0 aliphatic heterocycles. The fourth-order valence-corrected chi connectivity index (χ4v) is 1.77. The molecule has 0 aliphatic rings. The number of hydrogen-bond acceptors (Lipinski definition) is 3. The summed E-state index contributed by atoms with van der Waals surface area (Å²) in [5.74, 6) is 0.144. The Kier molecular flexibility index (Phi) is 10.5. The molecule has 0 aromatic carbocycles. The predicted molar refractivity (Wildman–Crippen MR) is 80.0 cm³/mol. The molecule has 4 nitrogen and oxygen atoms in total. The van der Waals surface area contributed by atoms with Crippen LogP contribution < -0.4 is 5.32 Å². The molecule has 1 atom stereocenters.